The Morgan fingerprint density at radius 1 is 1.10 bits per heavy atom. The highest BCUT2D eigenvalue weighted by Crippen LogP contribution is 2.32. The van der Waals surface area contributed by atoms with Crippen molar-refractivity contribution in [3.63, 3.8) is 0 Å². The van der Waals surface area contributed by atoms with Gasteiger partial charge in [-0.15, -0.1) is 0 Å². The number of rotatable bonds is 8. The van der Waals surface area contributed by atoms with Gasteiger partial charge in [0.25, 0.3) is 5.91 Å². The third-order valence-corrected chi connectivity index (χ3v) is 5.34. The van der Waals surface area contributed by atoms with Crippen LogP contribution in [0.1, 0.15) is 35.3 Å². The van der Waals surface area contributed by atoms with Crippen LogP contribution < -0.4 is 19.7 Å². The summed E-state index contributed by atoms with van der Waals surface area (Å²) < 4.78 is 11.6. The molecule has 31 heavy (non-hydrogen) atoms. The maximum absolute atomic E-state index is 12.9. The van der Waals surface area contributed by atoms with E-state index >= 15 is 0 Å². The first-order valence-electron chi connectivity index (χ1n) is 10.7. The van der Waals surface area contributed by atoms with E-state index in [0.717, 1.165) is 30.8 Å². The number of aromatic nitrogens is 1. The Bertz CT molecular complexity index is 1050. The summed E-state index contributed by atoms with van der Waals surface area (Å²) in [7, 11) is 0. The summed E-state index contributed by atoms with van der Waals surface area (Å²) >= 11 is 0. The van der Waals surface area contributed by atoms with Gasteiger partial charge in [0, 0.05) is 48.0 Å². The number of nitrogens with zero attached hydrogens (tertiary/aromatic N) is 2. The molecule has 6 nitrogen and oxygen atoms in total. The molecule has 1 aromatic heterocycles. The lowest BCUT2D eigenvalue weighted by Crippen LogP contribution is -2.19. The predicted molar refractivity (Wildman–Crippen MR) is 122 cm³/mol. The highest BCUT2D eigenvalue weighted by atomic mass is 16.5. The fraction of sp³-hybridized carbons (Fsp3) is 0.280. The molecular weight excluding hydrogens is 390 g/mol. The lowest BCUT2D eigenvalue weighted by atomic mass is 10.1. The number of pyridine rings is 1. The van der Waals surface area contributed by atoms with E-state index in [1.165, 1.54) is 11.3 Å². The third-order valence-electron chi connectivity index (χ3n) is 5.34. The van der Waals surface area contributed by atoms with E-state index < -0.39 is 0 Å². The van der Waals surface area contributed by atoms with Crippen molar-refractivity contribution >= 4 is 17.3 Å². The Morgan fingerprint density at radius 2 is 2.00 bits per heavy atom. The molecule has 0 saturated heterocycles. The Morgan fingerprint density at radius 3 is 2.77 bits per heavy atom. The van der Waals surface area contributed by atoms with Crippen molar-refractivity contribution in [2.75, 3.05) is 29.9 Å². The van der Waals surface area contributed by atoms with Crippen LogP contribution in [-0.2, 0) is 13.0 Å². The number of hydrogen-bond acceptors (Lipinski definition) is 5. The fourth-order valence-electron chi connectivity index (χ4n) is 3.74. The van der Waals surface area contributed by atoms with E-state index in [9.17, 15) is 4.79 Å². The van der Waals surface area contributed by atoms with Crippen LogP contribution >= 0.6 is 0 Å². The Kier molecular flexibility index (Phi) is 6.36. The minimum Gasteiger partial charge on any atom is -0.490 e. The molecule has 1 N–H and O–H groups in total. The molecule has 0 atom stereocenters. The van der Waals surface area contributed by atoms with Crippen LogP contribution in [0.3, 0.4) is 0 Å². The monoisotopic (exact) mass is 417 g/mol. The minimum atomic E-state index is -0.180. The number of fused-ring (bicyclic) bond motifs is 1. The summed E-state index contributed by atoms with van der Waals surface area (Å²) in [4.78, 5) is 19.3. The molecule has 0 radical (unpaired) electrons. The molecular formula is C25H27N3O3. The molecule has 2 heterocycles. The molecule has 0 aliphatic carbocycles. The topological polar surface area (TPSA) is 63.7 Å². The number of ether oxygens (including phenoxy) is 2. The number of anilines is 2. The molecule has 3 aromatic rings. The zero-order valence-corrected chi connectivity index (χ0v) is 17.9. The van der Waals surface area contributed by atoms with Crippen LogP contribution in [0.2, 0.25) is 0 Å². The van der Waals surface area contributed by atoms with Crippen molar-refractivity contribution in [3.05, 3.63) is 77.6 Å². The first kappa shape index (κ1) is 20.7. The summed E-state index contributed by atoms with van der Waals surface area (Å²) in [6.45, 7) is 6.90. The summed E-state index contributed by atoms with van der Waals surface area (Å²) in [5, 5.41) is 3.01. The molecule has 1 amide bonds. The van der Waals surface area contributed by atoms with Gasteiger partial charge < -0.3 is 19.7 Å². The summed E-state index contributed by atoms with van der Waals surface area (Å²) in [6.07, 6.45) is 4.54. The molecule has 0 bridgehead atoms. The Hall–Kier alpha value is -3.54. The average Bonchev–Trinajstić information content (AvgIpc) is 3.21. The lowest BCUT2D eigenvalue weighted by molar-refractivity contribution is 0.102. The number of hydrogen-bond donors (Lipinski definition) is 1. The number of amides is 1. The van der Waals surface area contributed by atoms with Crippen molar-refractivity contribution in [2.24, 2.45) is 0 Å². The van der Waals surface area contributed by atoms with Crippen molar-refractivity contribution < 1.29 is 14.3 Å². The van der Waals surface area contributed by atoms with E-state index in [4.69, 9.17) is 9.47 Å². The number of carbonyl (C=O) groups excluding carboxylic acids is 1. The van der Waals surface area contributed by atoms with E-state index in [2.05, 4.69) is 34.3 Å². The van der Waals surface area contributed by atoms with E-state index in [0.29, 0.717) is 30.3 Å². The van der Waals surface area contributed by atoms with Crippen LogP contribution in [0.15, 0.2) is 60.9 Å². The first-order valence-corrected chi connectivity index (χ1v) is 10.7. The molecule has 1 aliphatic heterocycles. The summed E-state index contributed by atoms with van der Waals surface area (Å²) in [5.74, 6) is 0.962. The van der Waals surface area contributed by atoms with Gasteiger partial charge in [-0.2, -0.15) is 0 Å². The Balaban J connectivity index is 1.48. The molecule has 6 heteroatoms. The molecule has 4 rings (SSSR count). The molecule has 2 aromatic carbocycles. The van der Waals surface area contributed by atoms with E-state index in [-0.39, 0.29) is 5.91 Å². The lowest BCUT2D eigenvalue weighted by Gasteiger charge is -2.17. The van der Waals surface area contributed by atoms with E-state index in [1.54, 1.807) is 30.6 Å². The second-order valence-corrected chi connectivity index (χ2v) is 7.37. The quantitative estimate of drug-likeness (QED) is 0.576. The number of carbonyl (C=O) groups is 1. The van der Waals surface area contributed by atoms with E-state index in [1.807, 2.05) is 25.1 Å². The van der Waals surface area contributed by atoms with Gasteiger partial charge in [-0.25, -0.2) is 0 Å². The predicted octanol–water partition coefficient (Wildman–Crippen LogP) is 4.69. The van der Waals surface area contributed by atoms with Gasteiger partial charge in [0.05, 0.1) is 6.61 Å². The normalized spacial score (nSPS) is 12.4. The van der Waals surface area contributed by atoms with Crippen molar-refractivity contribution in [2.45, 2.75) is 26.9 Å². The van der Waals surface area contributed by atoms with Gasteiger partial charge in [0.2, 0.25) is 0 Å². The maximum Gasteiger partial charge on any atom is 0.255 e. The maximum atomic E-state index is 12.9. The van der Waals surface area contributed by atoms with Gasteiger partial charge in [-0.1, -0.05) is 12.1 Å². The smallest absolute Gasteiger partial charge is 0.255 e. The molecule has 0 fully saturated rings. The van der Waals surface area contributed by atoms with Crippen LogP contribution in [-0.4, -0.2) is 30.6 Å². The highest BCUT2D eigenvalue weighted by Gasteiger charge is 2.19. The highest BCUT2D eigenvalue weighted by molar-refractivity contribution is 6.05. The Labute approximate surface area is 182 Å². The third kappa shape index (κ3) is 4.79. The molecule has 1 aliphatic rings. The van der Waals surface area contributed by atoms with Gasteiger partial charge in [-0.05, 0) is 62.2 Å². The zero-order chi connectivity index (χ0) is 21.6. The second-order valence-electron chi connectivity index (χ2n) is 7.37. The van der Waals surface area contributed by atoms with Crippen molar-refractivity contribution in [1.82, 2.24) is 4.98 Å². The fourth-order valence-corrected chi connectivity index (χ4v) is 3.74. The second kappa shape index (κ2) is 9.51. The zero-order valence-electron chi connectivity index (χ0n) is 17.9. The number of nitrogens with one attached hydrogen (secondary N) is 1. The molecule has 0 saturated carbocycles. The van der Waals surface area contributed by atoms with Gasteiger partial charge >= 0.3 is 0 Å². The van der Waals surface area contributed by atoms with Crippen LogP contribution in [0.5, 0.6) is 11.5 Å². The number of likely N-dealkylation sites (N-methyl/N-ethyl adjacent to an activating group) is 1. The standard InChI is InChI=1S/C25H27N3O3/c1-3-28-13-11-19-7-9-21(15-22(19)28)27-25(29)20-8-10-23(24(14-20)30-4-2)31-17-18-6-5-12-26-16-18/h5-10,12,14-16H,3-4,11,13,17H2,1-2H3,(H,27,29). The SMILES string of the molecule is CCOc1cc(C(=O)Nc2ccc3c(c2)N(CC)CC3)ccc1OCc1cccnc1. The van der Waals surface area contributed by atoms with Crippen molar-refractivity contribution in [1.29, 1.82) is 0 Å². The van der Waals surface area contributed by atoms with Crippen LogP contribution in [0.25, 0.3) is 0 Å². The summed E-state index contributed by atoms with van der Waals surface area (Å²) in [6, 6.07) is 15.2. The first-order chi connectivity index (χ1) is 15.2. The van der Waals surface area contributed by atoms with Gasteiger partial charge in [0.15, 0.2) is 11.5 Å². The van der Waals surface area contributed by atoms with Crippen molar-refractivity contribution in [3.8, 4) is 11.5 Å². The summed E-state index contributed by atoms with van der Waals surface area (Å²) in [5.41, 5.74) is 4.80. The minimum absolute atomic E-state index is 0.180. The molecule has 0 spiro atoms. The largest absolute Gasteiger partial charge is 0.490 e. The van der Waals surface area contributed by atoms with Gasteiger partial charge in [0.1, 0.15) is 6.61 Å². The molecule has 0 unspecified atom stereocenters. The molecule has 160 valence electrons. The average molecular weight is 418 g/mol. The van der Waals surface area contributed by atoms with Gasteiger partial charge in [-0.3, -0.25) is 9.78 Å². The van der Waals surface area contributed by atoms with Crippen LogP contribution in [0, 0.1) is 0 Å². The number of benzene rings is 2. The van der Waals surface area contributed by atoms with Crippen LogP contribution in [0.4, 0.5) is 11.4 Å².